The van der Waals surface area contributed by atoms with Gasteiger partial charge in [0.2, 0.25) is 10.0 Å². The summed E-state index contributed by atoms with van der Waals surface area (Å²) in [5.74, 6) is -2.37. The molecule has 12 nitrogen and oxygen atoms in total. The molecule has 0 aliphatic heterocycles. The lowest BCUT2D eigenvalue weighted by Crippen LogP contribution is -2.47. The van der Waals surface area contributed by atoms with Gasteiger partial charge in [0.05, 0.1) is 17.7 Å². The molecular weight excluding hydrogens is 504 g/mol. The van der Waals surface area contributed by atoms with Crippen molar-refractivity contribution >= 4 is 33.8 Å². The van der Waals surface area contributed by atoms with E-state index < -0.39 is 52.4 Å². The lowest BCUT2D eigenvalue weighted by Gasteiger charge is -2.21. The average Bonchev–Trinajstić information content (AvgIpc) is 3.38. The zero-order valence-electron chi connectivity index (χ0n) is 21.1. The third-order valence-electron chi connectivity index (χ3n) is 5.25. The van der Waals surface area contributed by atoms with Crippen molar-refractivity contribution < 1.29 is 36.7 Å². The number of imide groups is 1. The first kappa shape index (κ1) is 29.5. The molecule has 0 saturated carbocycles. The molecule has 2 aromatic rings. The van der Waals surface area contributed by atoms with E-state index in [9.17, 15) is 27.6 Å². The number of carbonyl (C=O) groups is 4. The number of ether oxygens (including phenoxy) is 1. The Bertz CT molecular complexity index is 1190. The fraction of sp³-hybridized carbons (Fsp3) is 0.417. The van der Waals surface area contributed by atoms with Crippen LogP contribution >= 0.6 is 0 Å². The first-order valence-corrected chi connectivity index (χ1v) is 13.1. The minimum absolute atomic E-state index is 0.0395. The molecule has 0 fully saturated rings. The number of hydrogen-bond acceptors (Lipinski definition) is 8. The highest BCUT2D eigenvalue weighted by molar-refractivity contribution is 7.89. The van der Waals surface area contributed by atoms with E-state index in [-0.39, 0.29) is 30.1 Å². The lowest BCUT2D eigenvalue weighted by atomic mass is 10.0. The van der Waals surface area contributed by atoms with Crippen LogP contribution in [0.25, 0.3) is 0 Å². The first-order chi connectivity index (χ1) is 17.5. The van der Waals surface area contributed by atoms with Crippen molar-refractivity contribution in [3.05, 3.63) is 54.0 Å². The van der Waals surface area contributed by atoms with E-state index in [4.69, 9.17) is 9.15 Å². The smallest absolute Gasteiger partial charge is 0.329 e. The average molecular weight is 537 g/mol. The Hall–Kier alpha value is -3.71. The van der Waals surface area contributed by atoms with E-state index in [0.717, 1.165) is 0 Å². The van der Waals surface area contributed by atoms with Crippen LogP contribution in [-0.2, 0) is 30.9 Å². The van der Waals surface area contributed by atoms with Gasteiger partial charge in [-0.3, -0.25) is 14.9 Å². The Labute approximate surface area is 215 Å². The standard InChI is InChI=1S/C24H32N4O8S/c1-5-28(6-2)37(33,34)19-11-7-9-17(13-19)22(30)27-21(16(3)4)23(31)36-15-20(29)26-24(32)25-14-18-10-8-12-35-18/h7-13,16,21H,5-6,14-15H2,1-4H3,(H,27,30)(H2,25,26,29,32)/t21-/m0/s1. The van der Waals surface area contributed by atoms with Gasteiger partial charge >= 0.3 is 12.0 Å². The summed E-state index contributed by atoms with van der Waals surface area (Å²) in [5.41, 5.74) is 0.0395. The summed E-state index contributed by atoms with van der Waals surface area (Å²) in [4.78, 5) is 49.1. The Morgan fingerprint density at radius 1 is 1.05 bits per heavy atom. The molecule has 0 aliphatic rings. The molecule has 0 spiro atoms. The van der Waals surface area contributed by atoms with Crippen molar-refractivity contribution in [1.82, 2.24) is 20.3 Å². The number of amides is 4. The van der Waals surface area contributed by atoms with Crippen molar-refractivity contribution in [2.45, 2.75) is 45.2 Å². The molecular formula is C24H32N4O8S. The number of hydrogen-bond donors (Lipinski definition) is 3. The Morgan fingerprint density at radius 2 is 1.76 bits per heavy atom. The van der Waals surface area contributed by atoms with Gasteiger partial charge in [-0.15, -0.1) is 0 Å². The van der Waals surface area contributed by atoms with Gasteiger partial charge in [0, 0.05) is 18.7 Å². The number of carbonyl (C=O) groups excluding carboxylic acids is 4. The van der Waals surface area contributed by atoms with E-state index in [0.29, 0.717) is 5.76 Å². The van der Waals surface area contributed by atoms with Crippen molar-refractivity contribution in [3.8, 4) is 0 Å². The number of urea groups is 1. The van der Waals surface area contributed by atoms with Crippen molar-refractivity contribution in [2.75, 3.05) is 19.7 Å². The van der Waals surface area contributed by atoms with Crippen LogP contribution in [0.1, 0.15) is 43.8 Å². The number of nitrogens with zero attached hydrogens (tertiary/aromatic N) is 1. The summed E-state index contributed by atoms with van der Waals surface area (Å²) < 4.78 is 36.9. The molecule has 13 heteroatoms. The van der Waals surface area contributed by atoms with Crippen LogP contribution in [0, 0.1) is 5.92 Å². The predicted molar refractivity (Wildman–Crippen MR) is 133 cm³/mol. The molecule has 0 unspecified atom stereocenters. The number of sulfonamides is 1. The maximum Gasteiger partial charge on any atom is 0.329 e. The van der Waals surface area contributed by atoms with Gasteiger partial charge in [0.1, 0.15) is 11.8 Å². The van der Waals surface area contributed by atoms with E-state index in [1.54, 1.807) is 39.8 Å². The van der Waals surface area contributed by atoms with E-state index in [1.807, 2.05) is 5.32 Å². The molecule has 1 aromatic heterocycles. The molecule has 202 valence electrons. The number of esters is 1. The van der Waals surface area contributed by atoms with Crippen LogP contribution in [0.3, 0.4) is 0 Å². The van der Waals surface area contributed by atoms with Crippen LogP contribution < -0.4 is 16.0 Å². The van der Waals surface area contributed by atoms with Gasteiger partial charge in [-0.05, 0) is 36.2 Å². The Morgan fingerprint density at radius 3 is 2.35 bits per heavy atom. The van der Waals surface area contributed by atoms with E-state index >= 15 is 0 Å². The fourth-order valence-corrected chi connectivity index (χ4v) is 4.75. The van der Waals surface area contributed by atoms with Gasteiger partial charge in [0.25, 0.3) is 11.8 Å². The summed E-state index contributed by atoms with van der Waals surface area (Å²) in [6.45, 7) is 6.61. The third kappa shape index (κ3) is 8.43. The summed E-state index contributed by atoms with van der Waals surface area (Å²) >= 11 is 0. The van der Waals surface area contributed by atoms with Crippen LogP contribution in [-0.4, -0.2) is 62.3 Å². The van der Waals surface area contributed by atoms with Gasteiger partial charge in [0.15, 0.2) is 6.61 Å². The first-order valence-electron chi connectivity index (χ1n) is 11.7. The highest BCUT2D eigenvalue weighted by atomic mass is 32.2. The van der Waals surface area contributed by atoms with Crippen molar-refractivity contribution in [1.29, 1.82) is 0 Å². The highest BCUT2D eigenvalue weighted by Gasteiger charge is 2.28. The Kier molecular flexibility index (Phi) is 10.8. The van der Waals surface area contributed by atoms with Gasteiger partial charge in [-0.1, -0.05) is 33.8 Å². The molecule has 1 aromatic carbocycles. The topological polar surface area (TPSA) is 164 Å². The van der Waals surface area contributed by atoms with Gasteiger partial charge in [-0.25, -0.2) is 18.0 Å². The molecule has 37 heavy (non-hydrogen) atoms. The number of rotatable bonds is 12. The van der Waals surface area contributed by atoms with Crippen LogP contribution in [0.5, 0.6) is 0 Å². The monoisotopic (exact) mass is 536 g/mol. The second-order valence-electron chi connectivity index (χ2n) is 8.23. The van der Waals surface area contributed by atoms with Crippen LogP contribution in [0.15, 0.2) is 52.0 Å². The molecule has 0 bridgehead atoms. The molecule has 0 radical (unpaired) electrons. The number of benzene rings is 1. The van der Waals surface area contributed by atoms with Crippen LogP contribution in [0.2, 0.25) is 0 Å². The molecule has 1 atom stereocenters. The van der Waals surface area contributed by atoms with Crippen molar-refractivity contribution in [2.24, 2.45) is 5.92 Å². The lowest BCUT2D eigenvalue weighted by molar-refractivity contribution is -0.151. The second-order valence-corrected chi connectivity index (χ2v) is 10.2. The van der Waals surface area contributed by atoms with Gasteiger partial charge < -0.3 is 19.8 Å². The fourth-order valence-electron chi connectivity index (χ4n) is 3.25. The highest BCUT2D eigenvalue weighted by Crippen LogP contribution is 2.17. The summed E-state index contributed by atoms with van der Waals surface area (Å²) in [6.07, 6.45) is 1.44. The summed E-state index contributed by atoms with van der Waals surface area (Å²) in [7, 11) is -3.78. The molecule has 0 saturated heterocycles. The zero-order chi connectivity index (χ0) is 27.6. The van der Waals surface area contributed by atoms with E-state index in [1.165, 1.54) is 34.8 Å². The predicted octanol–water partition coefficient (Wildman–Crippen LogP) is 1.63. The quantitative estimate of drug-likeness (QED) is 0.345. The SMILES string of the molecule is CCN(CC)S(=O)(=O)c1cccc(C(=O)N[C@H](C(=O)OCC(=O)NC(=O)NCc2ccco2)C(C)C)c1. The summed E-state index contributed by atoms with van der Waals surface area (Å²) in [6, 6.07) is 6.85. The molecule has 0 aliphatic carbocycles. The second kappa shape index (κ2) is 13.6. The molecule has 2 rings (SSSR count). The minimum atomic E-state index is -3.78. The third-order valence-corrected chi connectivity index (χ3v) is 7.29. The number of nitrogens with one attached hydrogen (secondary N) is 3. The molecule has 3 N–H and O–H groups in total. The summed E-state index contributed by atoms with van der Waals surface area (Å²) in [5, 5.41) is 6.95. The van der Waals surface area contributed by atoms with Crippen LogP contribution in [0.4, 0.5) is 4.79 Å². The normalized spacial score (nSPS) is 12.2. The largest absolute Gasteiger partial charge is 0.467 e. The maximum absolute atomic E-state index is 12.8. The van der Waals surface area contributed by atoms with Crippen molar-refractivity contribution in [3.63, 3.8) is 0 Å². The molecule has 1 heterocycles. The van der Waals surface area contributed by atoms with E-state index in [2.05, 4.69) is 10.6 Å². The maximum atomic E-state index is 12.8. The minimum Gasteiger partial charge on any atom is -0.467 e. The molecule has 4 amide bonds. The van der Waals surface area contributed by atoms with Gasteiger partial charge in [-0.2, -0.15) is 4.31 Å². The number of furan rings is 1. The Balaban J connectivity index is 1.97. The zero-order valence-corrected chi connectivity index (χ0v) is 22.0.